The first-order valence-corrected chi connectivity index (χ1v) is 24.1. The minimum atomic E-state index is -0.691. The normalized spacial score (nSPS) is 12.5. The summed E-state index contributed by atoms with van der Waals surface area (Å²) in [5.74, 6) is 0. The minimum Gasteiger partial charge on any atom is -0.0772 e. The van der Waals surface area contributed by atoms with Crippen molar-refractivity contribution in [1.29, 1.82) is 0 Å². The average molecular weight is 821 g/mol. The molecule has 0 fully saturated rings. The van der Waals surface area contributed by atoms with Crippen LogP contribution in [-0.2, 0) is 0 Å². The topological polar surface area (TPSA) is 0 Å². The lowest BCUT2D eigenvalue weighted by Crippen LogP contribution is -1.92. The average Bonchev–Trinajstić information content (AvgIpc) is 3.87. The van der Waals surface area contributed by atoms with Gasteiger partial charge in [0.1, 0.15) is 0 Å². The van der Waals surface area contributed by atoms with E-state index in [1.54, 1.807) is 0 Å². The first-order valence-electron chi connectivity index (χ1n) is 21.4. The molecule has 0 radical (unpaired) electrons. The highest BCUT2D eigenvalue weighted by Gasteiger charge is 2.23. The van der Waals surface area contributed by atoms with Gasteiger partial charge in [0.05, 0.1) is 0 Å². The van der Waals surface area contributed by atoms with E-state index in [0.717, 1.165) is 0 Å². The lowest BCUT2D eigenvalue weighted by Gasteiger charge is -2.19. The van der Waals surface area contributed by atoms with Crippen LogP contribution in [0.2, 0.25) is 0 Å². The molecule has 2 heterocycles. The van der Waals surface area contributed by atoms with E-state index in [9.17, 15) is 0 Å². The zero-order valence-electron chi connectivity index (χ0n) is 33.8. The Balaban J connectivity index is 1.17. The fourth-order valence-corrected chi connectivity index (χ4v) is 15.9. The third-order valence-electron chi connectivity index (χ3n) is 13.1. The Bertz CT molecular complexity index is 3690. The van der Waals surface area contributed by atoms with Crippen LogP contribution in [0.15, 0.2) is 231 Å². The Morgan fingerprint density at radius 1 is 0.226 bits per heavy atom. The molecule has 0 saturated carbocycles. The zero-order chi connectivity index (χ0) is 40.7. The molecule has 0 amide bonds. The number of benzene rings is 11. The van der Waals surface area contributed by atoms with Crippen molar-refractivity contribution in [3.8, 4) is 44.0 Å². The zero-order valence-corrected chi connectivity index (χ0v) is 35.6. The Hall–Kier alpha value is -7.20. The Morgan fingerprint density at radius 2 is 0.597 bits per heavy atom. The van der Waals surface area contributed by atoms with E-state index in [0.29, 0.717) is 0 Å². The maximum atomic E-state index is 2.53. The largest absolute Gasteiger partial charge is 0.0772 e. The van der Waals surface area contributed by atoms with Crippen LogP contribution in [0.5, 0.6) is 0 Å². The third-order valence-corrected chi connectivity index (χ3v) is 18.2. The highest BCUT2D eigenvalue weighted by atomic mass is 31.1. The second-order valence-corrected chi connectivity index (χ2v) is 20.7. The van der Waals surface area contributed by atoms with Crippen LogP contribution in [0, 0.1) is 0 Å². The van der Waals surface area contributed by atoms with Gasteiger partial charge in [-0.05, 0) is 105 Å². The summed E-state index contributed by atoms with van der Waals surface area (Å²) < 4.78 is 0. The van der Waals surface area contributed by atoms with Crippen LogP contribution in [-0.4, -0.2) is 0 Å². The van der Waals surface area contributed by atoms with E-state index in [1.165, 1.54) is 118 Å². The monoisotopic (exact) mass is 820 g/mol. The molecule has 0 bridgehead atoms. The molecule has 62 heavy (non-hydrogen) atoms. The highest BCUT2D eigenvalue weighted by Crippen LogP contribution is 2.59. The van der Waals surface area contributed by atoms with E-state index in [2.05, 4.69) is 231 Å². The molecule has 11 aromatic carbocycles. The molecule has 2 heteroatoms. The molecular formula is C60H38P2. The summed E-state index contributed by atoms with van der Waals surface area (Å²) in [6.45, 7) is 0. The molecule has 0 N–H and O–H groups in total. The van der Waals surface area contributed by atoms with Crippen LogP contribution in [0.1, 0.15) is 0 Å². The molecule has 0 saturated heterocycles. The molecule has 2 aromatic heterocycles. The van der Waals surface area contributed by atoms with Crippen molar-refractivity contribution in [1.82, 2.24) is 0 Å². The van der Waals surface area contributed by atoms with Crippen LogP contribution < -0.4 is 0 Å². The molecule has 0 aliphatic carbocycles. The van der Waals surface area contributed by atoms with Crippen molar-refractivity contribution in [2.75, 3.05) is 0 Å². The van der Waals surface area contributed by atoms with Crippen LogP contribution in [0.3, 0.4) is 0 Å². The van der Waals surface area contributed by atoms with E-state index in [4.69, 9.17) is 0 Å². The summed E-state index contributed by atoms with van der Waals surface area (Å²) >= 11 is 0. The van der Waals surface area contributed by atoms with Gasteiger partial charge in [-0.1, -0.05) is 227 Å². The molecular weight excluding hydrogens is 783 g/mol. The summed E-state index contributed by atoms with van der Waals surface area (Å²) in [7, 11) is -1.38. The summed E-state index contributed by atoms with van der Waals surface area (Å²) in [6.07, 6.45) is 0. The third kappa shape index (κ3) is 5.28. The van der Waals surface area contributed by atoms with Crippen molar-refractivity contribution in [2.45, 2.75) is 0 Å². The second kappa shape index (κ2) is 14.2. The minimum absolute atomic E-state index is 0.691. The molecule has 288 valence electrons. The van der Waals surface area contributed by atoms with Crippen molar-refractivity contribution in [3.05, 3.63) is 231 Å². The lowest BCUT2D eigenvalue weighted by molar-refractivity contribution is 1.68. The first-order chi connectivity index (χ1) is 30.8. The van der Waals surface area contributed by atoms with Crippen LogP contribution in [0.25, 0.3) is 118 Å². The SMILES string of the molecule is c1ccc(-p2c3ccccc3c3c(-c4cccc5c(-c6cccc7ccccc67)c6cccc(-c7cccc8c7c7ccccc7p8-c7ccccc7)c6cc45)cccc32)cc1. The van der Waals surface area contributed by atoms with Gasteiger partial charge in [0, 0.05) is 31.2 Å². The highest BCUT2D eigenvalue weighted by molar-refractivity contribution is 7.68. The van der Waals surface area contributed by atoms with Crippen LogP contribution in [0.4, 0.5) is 0 Å². The van der Waals surface area contributed by atoms with Crippen molar-refractivity contribution in [2.24, 2.45) is 0 Å². The molecule has 13 rings (SSSR count). The van der Waals surface area contributed by atoms with Gasteiger partial charge in [0.15, 0.2) is 0 Å². The summed E-state index contributed by atoms with van der Waals surface area (Å²) in [6, 6.07) is 86.9. The van der Waals surface area contributed by atoms with Crippen LogP contribution >= 0.6 is 15.1 Å². The molecule has 0 spiro atoms. The van der Waals surface area contributed by atoms with E-state index < -0.39 is 15.1 Å². The predicted molar refractivity (Wildman–Crippen MR) is 273 cm³/mol. The maximum absolute atomic E-state index is 2.53. The van der Waals surface area contributed by atoms with Gasteiger partial charge < -0.3 is 0 Å². The standard InChI is InChI=1S/C60H38P2/c1-3-20-40(21-4-1)61-54-34-11-9-25-50(54)59-46(32-16-36-56(59)61)43-27-14-30-48-52(43)38-53-44(28-15-31-49(53)58(48)45-29-13-19-39-18-7-8-24-42(39)45)47-33-17-37-57-60(47)51-26-10-12-35-55(51)62(57)41-22-5-2-6-23-41/h1-38H. The molecule has 2 atom stereocenters. The number of fused-ring (bicyclic) bond motifs is 9. The predicted octanol–water partition coefficient (Wildman–Crippen LogP) is 18.7. The Morgan fingerprint density at radius 3 is 1.15 bits per heavy atom. The second-order valence-electron chi connectivity index (χ2n) is 16.4. The summed E-state index contributed by atoms with van der Waals surface area (Å²) in [5, 5.41) is 21.6. The molecule has 0 aliphatic heterocycles. The van der Waals surface area contributed by atoms with Gasteiger partial charge >= 0.3 is 0 Å². The van der Waals surface area contributed by atoms with Crippen molar-refractivity contribution < 1.29 is 0 Å². The molecule has 13 aromatic rings. The Kier molecular flexibility index (Phi) is 8.14. The van der Waals surface area contributed by atoms with Crippen molar-refractivity contribution in [3.63, 3.8) is 0 Å². The number of hydrogen-bond donors (Lipinski definition) is 0. The van der Waals surface area contributed by atoms with E-state index in [1.807, 2.05) is 0 Å². The Labute approximate surface area is 362 Å². The fraction of sp³-hybridized carbons (Fsp3) is 0. The van der Waals surface area contributed by atoms with Gasteiger partial charge in [0.2, 0.25) is 0 Å². The lowest BCUT2D eigenvalue weighted by atomic mass is 9.84. The number of hydrogen-bond acceptors (Lipinski definition) is 0. The molecule has 0 nitrogen and oxygen atoms in total. The quantitative estimate of drug-likeness (QED) is 0.152. The molecule has 2 unspecified atom stereocenters. The van der Waals surface area contributed by atoms with Gasteiger partial charge in [-0.25, -0.2) is 0 Å². The van der Waals surface area contributed by atoms with Gasteiger partial charge in [-0.15, -0.1) is 0 Å². The molecule has 0 aliphatic rings. The fourth-order valence-electron chi connectivity index (χ4n) is 10.6. The van der Waals surface area contributed by atoms with Gasteiger partial charge in [-0.2, -0.15) is 0 Å². The number of rotatable bonds is 5. The van der Waals surface area contributed by atoms with Gasteiger partial charge in [0.25, 0.3) is 0 Å². The smallest absolute Gasteiger partial charge is 0.00745 e. The van der Waals surface area contributed by atoms with Gasteiger partial charge in [-0.3, -0.25) is 0 Å². The summed E-state index contributed by atoms with van der Waals surface area (Å²) in [4.78, 5) is 0. The van der Waals surface area contributed by atoms with E-state index in [-0.39, 0.29) is 0 Å². The maximum Gasteiger partial charge on any atom is 0.00745 e. The van der Waals surface area contributed by atoms with E-state index >= 15 is 0 Å². The summed E-state index contributed by atoms with van der Waals surface area (Å²) in [5.41, 5.74) is 7.69. The van der Waals surface area contributed by atoms with Crippen molar-refractivity contribution >= 4 is 89.4 Å². The first kappa shape index (κ1) is 35.5.